The molecule has 0 atom stereocenters. The number of hydrogen-bond donors (Lipinski definition) is 2. The Morgan fingerprint density at radius 2 is 1.52 bits per heavy atom. The molecule has 0 radical (unpaired) electrons. The maximum absolute atomic E-state index is 11.7. The summed E-state index contributed by atoms with van der Waals surface area (Å²) in [5, 5.41) is 22.4. The van der Waals surface area contributed by atoms with Gasteiger partial charge in [0, 0.05) is 22.4 Å². The van der Waals surface area contributed by atoms with Crippen LogP contribution in [0.4, 0.5) is 0 Å². The molecule has 0 spiro atoms. The van der Waals surface area contributed by atoms with Gasteiger partial charge >= 0.3 is 5.97 Å². The zero-order chi connectivity index (χ0) is 20.1. The average Bonchev–Trinajstić information content (AvgIpc) is 2.70. The lowest BCUT2D eigenvalue weighted by molar-refractivity contribution is 0.0697. The van der Waals surface area contributed by atoms with Gasteiger partial charge in [0.05, 0.1) is 5.56 Å². The summed E-state index contributed by atoms with van der Waals surface area (Å²) in [6.45, 7) is 0. The minimum atomic E-state index is -0.987. The average molecular weight is 382 g/mol. The van der Waals surface area contributed by atoms with Gasteiger partial charge in [0.1, 0.15) is 16.9 Å². The van der Waals surface area contributed by atoms with Gasteiger partial charge in [0.25, 0.3) is 0 Å². The lowest BCUT2D eigenvalue weighted by Gasteiger charge is -2.13. The van der Waals surface area contributed by atoms with E-state index in [4.69, 9.17) is 4.42 Å². The Labute approximate surface area is 164 Å². The van der Waals surface area contributed by atoms with Crippen molar-refractivity contribution in [1.82, 2.24) is 0 Å². The van der Waals surface area contributed by atoms with Crippen molar-refractivity contribution in [2.45, 2.75) is 0 Å². The molecule has 1 aromatic heterocycles. The lowest BCUT2D eigenvalue weighted by atomic mass is 9.95. The third-order valence-electron chi connectivity index (χ3n) is 5.05. The van der Waals surface area contributed by atoms with Crippen LogP contribution in [-0.4, -0.2) is 16.2 Å². The van der Waals surface area contributed by atoms with Crippen molar-refractivity contribution in [2.24, 2.45) is 0 Å². The van der Waals surface area contributed by atoms with Gasteiger partial charge in [0.15, 0.2) is 5.43 Å². The minimum Gasteiger partial charge on any atom is -0.508 e. The van der Waals surface area contributed by atoms with Gasteiger partial charge in [-0.2, -0.15) is 0 Å². The zero-order valence-corrected chi connectivity index (χ0v) is 15.0. The van der Waals surface area contributed by atoms with Crippen LogP contribution in [0.1, 0.15) is 10.4 Å². The van der Waals surface area contributed by atoms with E-state index in [2.05, 4.69) is 0 Å². The minimum absolute atomic E-state index is 0.0791. The van der Waals surface area contributed by atoms with E-state index in [1.165, 1.54) is 12.1 Å². The highest BCUT2D eigenvalue weighted by atomic mass is 16.4. The number of carbonyl (C=O) groups is 1. The van der Waals surface area contributed by atoms with Crippen molar-refractivity contribution in [3.05, 3.63) is 88.6 Å². The monoisotopic (exact) mass is 382 g/mol. The first kappa shape index (κ1) is 17.0. The van der Waals surface area contributed by atoms with E-state index in [9.17, 15) is 19.8 Å². The Bertz CT molecular complexity index is 1490. The van der Waals surface area contributed by atoms with Crippen LogP contribution >= 0.6 is 0 Å². The fourth-order valence-corrected chi connectivity index (χ4v) is 3.69. The molecule has 5 rings (SSSR count). The molecule has 0 saturated heterocycles. The normalized spacial score (nSPS) is 11.3. The van der Waals surface area contributed by atoms with Crippen molar-refractivity contribution >= 4 is 38.7 Å². The van der Waals surface area contributed by atoms with Crippen LogP contribution < -0.4 is 5.43 Å². The molecule has 1 heterocycles. The molecular formula is C24H14O5. The predicted molar refractivity (Wildman–Crippen MR) is 112 cm³/mol. The second-order valence-electron chi connectivity index (χ2n) is 6.90. The number of fused-ring (bicyclic) bond motifs is 3. The van der Waals surface area contributed by atoms with E-state index in [1.807, 2.05) is 12.1 Å². The van der Waals surface area contributed by atoms with Crippen molar-refractivity contribution in [3.8, 4) is 16.9 Å². The number of aromatic carboxylic acids is 1. The van der Waals surface area contributed by atoms with Gasteiger partial charge in [-0.25, -0.2) is 4.79 Å². The molecule has 0 saturated carbocycles. The first-order chi connectivity index (χ1) is 14.0. The van der Waals surface area contributed by atoms with Crippen LogP contribution in [0.5, 0.6) is 5.75 Å². The summed E-state index contributed by atoms with van der Waals surface area (Å²) in [5.41, 5.74) is 2.87. The van der Waals surface area contributed by atoms with Crippen LogP contribution in [-0.2, 0) is 0 Å². The lowest BCUT2D eigenvalue weighted by Crippen LogP contribution is -1.96. The van der Waals surface area contributed by atoms with Crippen molar-refractivity contribution < 1.29 is 19.4 Å². The van der Waals surface area contributed by atoms with E-state index >= 15 is 0 Å². The smallest absolute Gasteiger partial charge is 0.335 e. The van der Waals surface area contributed by atoms with Gasteiger partial charge in [-0.3, -0.25) is 4.79 Å². The first-order valence-corrected chi connectivity index (χ1v) is 8.97. The van der Waals surface area contributed by atoms with Gasteiger partial charge in [-0.1, -0.05) is 18.2 Å². The maximum Gasteiger partial charge on any atom is 0.335 e. The van der Waals surface area contributed by atoms with Crippen LogP contribution in [0, 0.1) is 0 Å². The molecular weight excluding hydrogens is 368 g/mol. The van der Waals surface area contributed by atoms with E-state index in [-0.39, 0.29) is 16.7 Å². The molecule has 29 heavy (non-hydrogen) atoms. The summed E-state index contributed by atoms with van der Waals surface area (Å²) in [5.74, 6) is -0.908. The third-order valence-corrected chi connectivity index (χ3v) is 5.05. The molecule has 0 aliphatic carbocycles. The van der Waals surface area contributed by atoms with Crippen LogP contribution in [0.25, 0.3) is 43.8 Å². The number of hydrogen-bond acceptors (Lipinski definition) is 4. The molecule has 0 unspecified atom stereocenters. The molecule has 0 bridgehead atoms. The van der Waals surface area contributed by atoms with Crippen LogP contribution in [0.2, 0.25) is 0 Å². The van der Waals surface area contributed by atoms with E-state index in [1.54, 1.807) is 48.5 Å². The molecule has 0 fully saturated rings. The quantitative estimate of drug-likeness (QED) is 0.411. The number of rotatable bonds is 2. The second kappa shape index (κ2) is 6.21. The Morgan fingerprint density at radius 3 is 2.28 bits per heavy atom. The summed E-state index contributed by atoms with van der Waals surface area (Å²) >= 11 is 0. The van der Waals surface area contributed by atoms with Crippen LogP contribution in [0.3, 0.4) is 0 Å². The van der Waals surface area contributed by atoms with Gasteiger partial charge in [-0.05, 0) is 64.9 Å². The van der Waals surface area contributed by atoms with Crippen molar-refractivity contribution in [3.63, 3.8) is 0 Å². The predicted octanol–water partition coefficient (Wildman–Crippen LogP) is 5.17. The number of phenols is 1. The number of carboxylic acid groups (broad SMARTS) is 1. The molecule has 140 valence electrons. The highest BCUT2D eigenvalue weighted by Crippen LogP contribution is 2.39. The molecule has 0 amide bonds. The van der Waals surface area contributed by atoms with Crippen molar-refractivity contribution in [1.29, 1.82) is 0 Å². The number of aromatic hydroxyl groups is 1. The molecule has 2 N–H and O–H groups in total. The Hall–Kier alpha value is -4.12. The molecule has 5 aromatic rings. The highest BCUT2D eigenvalue weighted by molar-refractivity contribution is 6.11. The standard InChI is InChI=1S/C24H14O5/c25-17-6-5-15-10-20-21(11-16(15)9-17)29-22-12-18(26)7-8-19(22)23(20)13-1-3-14(4-2-13)24(27)28/h1-12,26H,(H,27,28). The van der Waals surface area contributed by atoms with Gasteiger partial charge in [0.2, 0.25) is 0 Å². The topological polar surface area (TPSA) is 87.7 Å². The third kappa shape index (κ3) is 2.80. The van der Waals surface area contributed by atoms with Gasteiger partial charge in [-0.15, -0.1) is 0 Å². The Balaban J connectivity index is 1.92. The Morgan fingerprint density at radius 1 is 0.759 bits per heavy atom. The number of carboxylic acids is 1. The number of phenolic OH excluding ortho intramolecular Hbond substituents is 1. The highest BCUT2D eigenvalue weighted by Gasteiger charge is 2.14. The van der Waals surface area contributed by atoms with E-state index in [0.717, 1.165) is 32.7 Å². The summed E-state index contributed by atoms with van der Waals surface area (Å²) in [7, 11) is 0. The molecule has 5 heteroatoms. The second-order valence-corrected chi connectivity index (χ2v) is 6.90. The van der Waals surface area contributed by atoms with Crippen LogP contribution in [0.15, 0.2) is 82.0 Å². The summed E-state index contributed by atoms with van der Waals surface area (Å²) in [6, 6.07) is 20.2. The molecule has 5 nitrogen and oxygen atoms in total. The zero-order valence-electron chi connectivity index (χ0n) is 15.0. The molecule has 0 aliphatic heterocycles. The molecule has 4 aromatic carbocycles. The maximum atomic E-state index is 11.7. The Kier molecular flexibility index (Phi) is 3.64. The number of benzene rings is 4. The fraction of sp³-hybridized carbons (Fsp3) is 0. The first-order valence-electron chi connectivity index (χ1n) is 8.97. The van der Waals surface area contributed by atoms with E-state index in [0.29, 0.717) is 11.2 Å². The summed E-state index contributed by atoms with van der Waals surface area (Å²) in [6.07, 6.45) is 0. The summed E-state index contributed by atoms with van der Waals surface area (Å²) < 4.78 is 6.04. The largest absolute Gasteiger partial charge is 0.508 e. The summed E-state index contributed by atoms with van der Waals surface area (Å²) in [4.78, 5) is 23.0. The molecule has 0 aliphatic rings. The fourth-order valence-electron chi connectivity index (χ4n) is 3.69. The van der Waals surface area contributed by atoms with Gasteiger partial charge < -0.3 is 14.6 Å². The van der Waals surface area contributed by atoms with E-state index < -0.39 is 5.97 Å². The SMILES string of the molecule is O=C(O)c1ccc(-c2c3ccc(O)cc3oc3cc4cc(=O)ccc4cc23)cc1. The van der Waals surface area contributed by atoms with Crippen molar-refractivity contribution in [2.75, 3.05) is 0 Å².